The minimum Gasteiger partial charge on any atom is -0.326 e. The summed E-state index contributed by atoms with van der Waals surface area (Å²) in [5, 5.41) is 3.38. The van der Waals surface area contributed by atoms with E-state index >= 15 is 0 Å². The fourth-order valence-corrected chi connectivity index (χ4v) is 2.84. The van der Waals surface area contributed by atoms with E-state index in [1.807, 2.05) is 0 Å². The molecule has 2 atom stereocenters. The minimum absolute atomic E-state index is 0.370. The normalized spacial score (nSPS) is 30.8. The number of nitrogens with zero attached hydrogens (tertiary/aromatic N) is 2. The summed E-state index contributed by atoms with van der Waals surface area (Å²) in [6.45, 7) is 11.5. The van der Waals surface area contributed by atoms with Crippen LogP contribution in [0.2, 0.25) is 0 Å². The van der Waals surface area contributed by atoms with Crippen LogP contribution in [0.5, 0.6) is 0 Å². The summed E-state index contributed by atoms with van der Waals surface area (Å²) in [5.74, 6) is 0.717. The zero-order chi connectivity index (χ0) is 11.4. The Labute approximate surface area is 99.2 Å². The van der Waals surface area contributed by atoms with Gasteiger partial charge in [-0.05, 0) is 25.4 Å². The minimum atomic E-state index is 0.370. The van der Waals surface area contributed by atoms with E-state index in [0.29, 0.717) is 6.04 Å². The van der Waals surface area contributed by atoms with Crippen molar-refractivity contribution in [3.05, 3.63) is 0 Å². The van der Waals surface area contributed by atoms with E-state index in [1.54, 1.807) is 0 Å². The van der Waals surface area contributed by atoms with E-state index in [4.69, 9.17) is 5.73 Å². The summed E-state index contributed by atoms with van der Waals surface area (Å²) in [6, 6.07) is 0.370. The maximum atomic E-state index is 6.34. The van der Waals surface area contributed by atoms with Gasteiger partial charge < -0.3 is 16.0 Å². The standard InChI is InChI=1S/C12H26N4/c1-2-15-6-3-11(9-15)12(13)10-16-7-4-14-5-8-16/h11-12,14H,2-10,13H2,1H3. The summed E-state index contributed by atoms with van der Waals surface area (Å²) in [5.41, 5.74) is 6.34. The van der Waals surface area contributed by atoms with E-state index < -0.39 is 0 Å². The van der Waals surface area contributed by atoms with Gasteiger partial charge in [0.05, 0.1) is 0 Å². The largest absolute Gasteiger partial charge is 0.326 e. The lowest BCUT2D eigenvalue weighted by atomic mass is 9.99. The first kappa shape index (κ1) is 12.3. The second-order valence-corrected chi connectivity index (χ2v) is 5.16. The van der Waals surface area contributed by atoms with Gasteiger partial charge in [-0.25, -0.2) is 0 Å². The number of piperazine rings is 1. The Kier molecular flexibility index (Phi) is 4.58. The average molecular weight is 226 g/mol. The Balaban J connectivity index is 1.72. The van der Waals surface area contributed by atoms with Gasteiger partial charge >= 0.3 is 0 Å². The summed E-state index contributed by atoms with van der Waals surface area (Å²) in [7, 11) is 0. The third-order valence-corrected chi connectivity index (χ3v) is 4.04. The Morgan fingerprint density at radius 2 is 2.00 bits per heavy atom. The Morgan fingerprint density at radius 1 is 1.25 bits per heavy atom. The van der Waals surface area contributed by atoms with Crippen LogP contribution in [0, 0.1) is 5.92 Å². The zero-order valence-electron chi connectivity index (χ0n) is 10.5. The molecule has 0 spiro atoms. The molecule has 16 heavy (non-hydrogen) atoms. The first-order valence-electron chi connectivity index (χ1n) is 6.70. The van der Waals surface area contributed by atoms with Gasteiger partial charge in [-0.2, -0.15) is 0 Å². The van der Waals surface area contributed by atoms with Crippen molar-refractivity contribution in [1.82, 2.24) is 15.1 Å². The fraction of sp³-hybridized carbons (Fsp3) is 1.00. The highest BCUT2D eigenvalue weighted by molar-refractivity contribution is 4.85. The van der Waals surface area contributed by atoms with Gasteiger partial charge in [-0.15, -0.1) is 0 Å². The number of hydrogen-bond donors (Lipinski definition) is 2. The lowest BCUT2D eigenvalue weighted by Gasteiger charge is -2.31. The molecule has 94 valence electrons. The monoisotopic (exact) mass is 226 g/mol. The molecule has 2 fully saturated rings. The van der Waals surface area contributed by atoms with Crippen LogP contribution in [0.1, 0.15) is 13.3 Å². The van der Waals surface area contributed by atoms with E-state index in [0.717, 1.165) is 38.6 Å². The van der Waals surface area contributed by atoms with Crippen LogP contribution < -0.4 is 11.1 Å². The van der Waals surface area contributed by atoms with Crippen molar-refractivity contribution in [3.8, 4) is 0 Å². The van der Waals surface area contributed by atoms with Gasteiger partial charge in [0.2, 0.25) is 0 Å². The molecule has 0 aromatic carbocycles. The molecule has 0 radical (unpaired) electrons. The number of nitrogens with one attached hydrogen (secondary N) is 1. The van der Waals surface area contributed by atoms with Crippen LogP contribution in [0.3, 0.4) is 0 Å². The van der Waals surface area contributed by atoms with Crippen molar-refractivity contribution in [3.63, 3.8) is 0 Å². The maximum absolute atomic E-state index is 6.34. The van der Waals surface area contributed by atoms with Crippen LogP contribution in [0.15, 0.2) is 0 Å². The van der Waals surface area contributed by atoms with Gasteiger partial charge in [0, 0.05) is 45.3 Å². The van der Waals surface area contributed by atoms with Gasteiger partial charge in [-0.3, -0.25) is 4.90 Å². The van der Waals surface area contributed by atoms with Crippen molar-refractivity contribution in [2.75, 3.05) is 52.4 Å². The van der Waals surface area contributed by atoms with Crippen LogP contribution in [-0.2, 0) is 0 Å². The molecule has 2 aliphatic rings. The summed E-state index contributed by atoms with van der Waals surface area (Å²) in [4.78, 5) is 5.03. The van der Waals surface area contributed by atoms with Crippen LogP contribution in [0.4, 0.5) is 0 Å². The summed E-state index contributed by atoms with van der Waals surface area (Å²) in [6.07, 6.45) is 1.29. The smallest absolute Gasteiger partial charge is 0.0209 e. The number of rotatable bonds is 4. The Hall–Kier alpha value is -0.160. The first-order valence-corrected chi connectivity index (χ1v) is 6.70. The van der Waals surface area contributed by atoms with Crippen molar-refractivity contribution in [2.45, 2.75) is 19.4 Å². The molecule has 2 heterocycles. The second-order valence-electron chi connectivity index (χ2n) is 5.16. The van der Waals surface area contributed by atoms with E-state index in [-0.39, 0.29) is 0 Å². The van der Waals surface area contributed by atoms with Crippen LogP contribution in [0.25, 0.3) is 0 Å². The first-order chi connectivity index (χ1) is 7.79. The van der Waals surface area contributed by atoms with Crippen molar-refractivity contribution >= 4 is 0 Å². The lowest BCUT2D eigenvalue weighted by molar-refractivity contribution is 0.205. The summed E-state index contributed by atoms with van der Waals surface area (Å²) < 4.78 is 0. The molecule has 0 aromatic rings. The Bertz CT molecular complexity index is 203. The molecule has 2 rings (SSSR count). The van der Waals surface area contributed by atoms with Crippen LogP contribution >= 0.6 is 0 Å². The highest BCUT2D eigenvalue weighted by atomic mass is 15.2. The predicted molar refractivity (Wildman–Crippen MR) is 67.5 cm³/mol. The van der Waals surface area contributed by atoms with Gasteiger partial charge in [0.15, 0.2) is 0 Å². The number of hydrogen-bond acceptors (Lipinski definition) is 4. The molecule has 3 N–H and O–H groups in total. The second kappa shape index (κ2) is 5.96. The third-order valence-electron chi connectivity index (χ3n) is 4.04. The van der Waals surface area contributed by atoms with Crippen molar-refractivity contribution in [1.29, 1.82) is 0 Å². The third kappa shape index (κ3) is 3.17. The molecule has 0 saturated carbocycles. The maximum Gasteiger partial charge on any atom is 0.0209 e. The molecule has 0 bridgehead atoms. The highest BCUT2D eigenvalue weighted by Gasteiger charge is 2.27. The molecular formula is C12H26N4. The number of nitrogens with two attached hydrogens (primary N) is 1. The molecular weight excluding hydrogens is 200 g/mol. The van der Waals surface area contributed by atoms with Gasteiger partial charge in [0.1, 0.15) is 0 Å². The van der Waals surface area contributed by atoms with E-state index in [1.165, 1.54) is 26.1 Å². The fourth-order valence-electron chi connectivity index (χ4n) is 2.84. The average Bonchev–Trinajstić information content (AvgIpc) is 2.79. The molecule has 2 aliphatic heterocycles. The topological polar surface area (TPSA) is 44.5 Å². The molecule has 4 heteroatoms. The zero-order valence-corrected chi connectivity index (χ0v) is 10.5. The molecule has 0 amide bonds. The van der Waals surface area contributed by atoms with E-state index in [2.05, 4.69) is 22.0 Å². The van der Waals surface area contributed by atoms with E-state index in [9.17, 15) is 0 Å². The van der Waals surface area contributed by atoms with Gasteiger partial charge in [-0.1, -0.05) is 6.92 Å². The molecule has 0 aromatic heterocycles. The molecule has 2 saturated heterocycles. The van der Waals surface area contributed by atoms with Gasteiger partial charge in [0.25, 0.3) is 0 Å². The Morgan fingerprint density at radius 3 is 2.62 bits per heavy atom. The van der Waals surface area contributed by atoms with Crippen molar-refractivity contribution < 1.29 is 0 Å². The molecule has 2 unspecified atom stereocenters. The van der Waals surface area contributed by atoms with Crippen LogP contribution in [-0.4, -0.2) is 68.2 Å². The number of likely N-dealkylation sites (tertiary alicyclic amines) is 1. The lowest BCUT2D eigenvalue weighted by Crippen LogP contribution is -2.50. The predicted octanol–water partition coefficient (Wildman–Crippen LogP) is -0.439. The highest BCUT2D eigenvalue weighted by Crippen LogP contribution is 2.18. The van der Waals surface area contributed by atoms with Crippen molar-refractivity contribution in [2.24, 2.45) is 11.7 Å². The molecule has 0 aliphatic carbocycles. The molecule has 4 nitrogen and oxygen atoms in total. The quantitative estimate of drug-likeness (QED) is 0.682. The summed E-state index contributed by atoms with van der Waals surface area (Å²) >= 11 is 0. The SMILES string of the molecule is CCN1CCC(C(N)CN2CCNCC2)C1.